The van der Waals surface area contributed by atoms with Crippen LogP contribution in [0, 0.1) is 11.2 Å². The van der Waals surface area contributed by atoms with Gasteiger partial charge in [-0.05, 0) is 41.3 Å². The van der Waals surface area contributed by atoms with E-state index >= 15 is 0 Å². The van der Waals surface area contributed by atoms with Gasteiger partial charge in [-0.3, -0.25) is 4.98 Å². The molecule has 33 heavy (non-hydrogen) atoms. The van der Waals surface area contributed by atoms with Crippen molar-refractivity contribution in [2.45, 2.75) is 32.2 Å². The number of amides is 1. The Balaban J connectivity index is 2.20. The number of hydrogen-bond donors (Lipinski definition) is 1. The van der Waals surface area contributed by atoms with Crippen molar-refractivity contribution in [3.8, 4) is 17.0 Å². The number of pyridine rings is 1. The van der Waals surface area contributed by atoms with Crippen LogP contribution in [-0.4, -0.2) is 47.1 Å². The van der Waals surface area contributed by atoms with Crippen LogP contribution in [0.15, 0.2) is 59.9 Å². The molecule has 0 atom stereocenters. The largest absolute Gasteiger partial charge is 0.496 e. The normalized spacial score (nSPS) is 11.9. The standard InChI is InChI=1S/C23H26FN3O5S/c1-23(2,3)15-26(22(28)29)13-16-11-19(21-18(24)8-5-9-20(21)32-4)27(14-16)33(30,31)17-7-6-10-25-12-17/h5-12,14H,13,15H2,1-4H3,(H,28,29). The van der Waals surface area contributed by atoms with Crippen LogP contribution in [0.25, 0.3) is 11.3 Å². The number of ether oxygens (including phenoxy) is 1. The summed E-state index contributed by atoms with van der Waals surface area (Å²) < 4.78 is 48.0. The third-order valence-corrected chi connectivity index (χ3v) is 6.45. The minimum atomic E-state index is -4.16. The van der Waals surface area contributed by atoms with Gasteiger partial charge in [-0.15, -0.1) is 0 Å². The summed E-state index contributed by atoms with van der Waals surface area (Å²) in [5.41, 5.74) is 0.0380. The quantitative estimate of drug-likeness (QED) is 0.541. The van der Waals surface area contributed by atoms with Crippen molar-refractivity contribution in [1.82, 2.24) is 13.9 Å². The van der Waals surface area contributed by atoms with E-state index in [2.05, 4.69) is 4.98 Å². The number of methoxy groups -OCH3 is 1. The SMILES string of the molecule is COc1cccc(F)c1-c1cc(CN(CC(C)(C)C)C(=O)O)cn1S(=O)(=O)c1cccnc1. The summed E-state index contributed by atoms with van der Waals surface area (Å²) >= 11 is 0. The zero-order valence-corrected chi connectivity index (χ0v) is 19.6. The van der Waals surface area contributed by atoms with E-state index in [-0.39, 0.29) is 40.4 Å². The first-order valence-corrected chi connectivity index (χ1v) is 11.6. The van der Waals surface area contributed by atoms with Crippen LogP contribution in [0.5, 0.6) is 5.75 Å². The minimum absolute atomic E-state index is 0.0184. The van der Waals surface area contributed by atoms with E-state index in [1.54, 1.807) is 0 Å². The molecular weight excluding hydrogens is 449 g/mol. The van der Waals surface area contributed by atoms with Crippen LogP contribution in [0.2, 0.25) is 0 Å². The lowest BCUT2D eigenvalue weighted by Crippen LogP contribution is -2.36. The number of carboxylic acid groups (broad SMARTS) is 1. The second-order valence-corrected chi connectivity index (χ2v) is 10.6. The van der Waals surface area contributed by atoms with Crippen molar-refractivity contribution in [3.05, 3.63) is 66.4 Å². The van der Waals surface area contributed by atoms with E-state index < -0.39 is 21.9 Å². The molecule has 8 nitrogen and oxygen atoms in total. The lowest BCUT2D eigenvalue weighted by Gasteiger charge is -2.27. The molecule has 0 radical (unpaired) electrons. The molecular formula is C23H26FN3O5S. The van der Waals surface area contributed by atoms with Gasteiger partial charge in [-0.1, -0.05) is 26.8 Å². The molecule has 0 aliphatic heterocycles. The van der Waals surface area contributed by atoms with Crippen LogP contribution in [0.1, 0.15) is 26.3 Å². The van der Waals surface area contributed by atoms with Crippen LogP contribution in [0.4, 0.5) is 9.18 Å². The molecule has 0 aliphatic rings. The number of rotatable bonds is 7. The second kappa shape index (κ2) is 9.22. The topological polar surface area (TPSA) is 102 Å². The van der Waals surface area contributed by atoms with Crippen molar-refractivity contribution >= 4 is 16.1 Å². The molecule has 0 spiro atoms. The van der Waals surface area contributed by atoms with E-state index in [0.717, 1.165) is 3.97 Å². The average molecular weight is 476 g/mol. The van der Waals surface area contributed by atoms with Crippen molar-refractivity contribution in [2.24, 2.45) is 5.41 Å². The van der Waals surface area contributed by atoms with E-state index in [0.29, 0.717) is 5.56 Å². The first kappa shape index (κ1) is 24.2. The van der Waals surface area contributed by atoms with Gasteiger partial charge < -0.3 is 14.7 Å². The van der Waals surface area contributed by atoms with Gasteiger partial charge in [0.25, 0.3) is 10.0 Å². The number of benzene rings is 1. The van der Waals surface area contributed by atoms with Gasteiger partial charge in [-0.2, -0.15) is 0 Å². The highest BCUT2D eigenvalue weighted by atomic mass is 32.2. The van der Waals surface area contributed by atoms with Crippen LogP contribution >= 0.6 is 0 Å². The highest BCUT2D eigenvalue weighted by Crippen LogP contribution is 2.36. The average Bonchev–Trinajstić information content (AvgIpc) is 3.16. The number of hydrogen-bond acceptors (Lipinski definition) is 5. The fourth-order valence-electron chi connectivity index (χ4n) is 3.48. The Morgan fingerprint density at radius 2 is 1.97 bits per heavy atom. The van der Waals surface area contributed by atoms with Crippen molar-refractivity contribution < 1.29 is 27.4 Å². The van der Waals surface area contributed by atoms with Crippen LogP contribution in [0.3, 0.4) is 0 Å². The fraction of sp³-hybridized carbons (Fsp3) is 0.304. The molecule has 1 aromatic carbocycles. The lowest BCUT2D eigenvalue weighted by molar-refractivity contribution is 0.123. The van der Waals surface area contributed by atoms with E-state index in [1.165, 1.54) is 67.0 Å². The lowest BCUT2D eigenvalue weighted by atomic mass is 9.96. The van der Waals surface area contributed by atoms with Gasteiger partial charge in [0.1, 0.15) is 16.5 Å². The molecule has 0 fully saturated rings. The maximum absolute atomic E-state index is 14.9. The molecule has 0 unspecified atom stereocenters. The number of halogens is 1. The fourth-order valence-corrected chi connectivity index (χ4v) is 4.83. The van der Waals surface area contributed by atoms with Crippen molar-refractivity contribution in [3.63, 3.8) is 0 Å². The summed E-state index contributed by atoms with van der Waals surface area (Å²) in [6.45, 7) is 5.84. The molecule has 1 N–H and O–H groups in total. The number of carbonyl (C=O) groups is 1. The molecule has 3 aromatic rings. The number of nitrogens with zero attached hydrogens (tertiary/aromatic N) is 3. The zero-order chi connectivity index (χ0) is 24.4. The summed E-state index contributed by atoms with van der Waals surface area (Å²) in [5, 5.41) is 9.67. The summed E-state index contributed by atoms with van der Waals surface area (Å²) in [4.78, 5) is 16.8. The van der Waals surface area contributed by atoms with Gasteiger partial charge in [-0.25, -0.2) is 21.6 Å². The second-order valence-electron chi connectivity index (χ2n) is 8.74. The summed E-state index contributed by atoms with van der Waals surface area (Å²) in [7, 11) is -2.81. The van der Waals surface area contributed by atoms with Gasteiger partial charge in [0, 0.05) is 25.1 Å². The predicted octanol–water partition coefficient (Wildman–Crippen LogP) is 4.46. The Morgan fingerprint density at radius 1 is 1.24 bits per heavy atom. The highest BCUT2D eigenvalue weighted by molar-refractivity contribution is 7.90. The third kappa shape index (κ3) is 5.33. The van der Waals surface area contributed by atoms with Gasteiger partial charge in [0.05, 0.1) is 24.9 Å². The zero-order valence-electron chi connectivity index (χ0n) is 18.8. The molecule has 0 saturated heterocycles. The maximum Gasteiger partial charge on any atom is 0.407 e. The van der Waals surface area contributed by atoms with E-state index in [9.17, 15) is 22.7 Å². The number of aromatic nitrogens is 2. The molecule has 0 aliphatic carbocycles. The van der Waals surface area contributed by atoms with Crippen LogP contribution in [-0.2, 0) is 16.6 Å². The van der Waals surface area contributed by atoms with E-state index in [1.807, 2.05) is 20.8 Å². The Hall–Kier alpha value is -3.40. The van der Waals surface area contributed by atoms with Gasteiger partial charge >= 0.3 is 6.09 Å². The summed E-state index contributed by atoms with van der Waals surface area (Å²) in [6, 6.07) is 8.51. The molecule has 10 heteroatoms. The molecule has 3 rings (SSSR count). The minimum Gasteiger partial charge on any atom is -0.496 e. The smallest absolute Gasteiger partial charge is 0.407 e. The summed E-state index contributed by atoms with van der Waals surface area (Å²) in [5.74, 6) is -0.529. The van der Waals surface area contributed by atoms with Gasteiger partial charge in [0.2, 0.25) is 0 Å². The molecule has 0 bridgehead atoms. The Kier molecular flexibility index (Phi) is 6.78. The van der Waals surface area contributed by atoms with Crippen molar-refractivity contribution in [2.75, 3.05) is 13.7 Å². The third-order valence-electron chi connectivity index (χ3n) is 4.79. The van der Waals surface area contributed by atoms with Crippen molar-refractivity contribution in [1.29, 1.82) is 0 Å². The monoisotopic (exact) mass is 475 g/mol. The Bertz CT molecular complexity index is 1250. The summed E-state index contributed by atoms with van der Waals surface area (Å²) in [6.07, 6.45) is 2.80. The Labute approximate surface area is 192 Å². The van der Waals surface area contributed by atoms with Crippen LogP contribution < -0.4 is 4.74 Å². The predicted molar refractivity (Wildman–Crippen MR) is 121 cm³/mol. The molecule has 176 valence electrons. The molecule has 2 aromatic heterocycles. The van der Waals surface area contributed by atoms with Gasteiger partial charge in [0.15, 0.2) is 0 Å². The molecule has 2 heterocycles. The Morgan fingerprint density at radius 3 is 2.55 bits per heavy atom. The maximum atomic E-state index is 14.9. The first-order valence-electron chi connectivity index (χ1n) is 10.1. The highest BCUT2D eigenvalue weighted by Gasteiger charge is 2.27. The molecule has 1 amide bonds. The van der Waals surface area contributed by atoms with E-state index in [4.69, 9.17) is 4.74 Å². The molecule has 0 saturated carbocycles. The first-order chi connectivity index (χ1) is 15.4.